The minimum Gasteiger partial charge on any atom is -0.316 e. The lowest BCUT2D eigenvalue weighted by molar-refractivity contribution is 0.708. The van der Waals surface area contributed by atoms with Gasteiger partial charge in [-0.25, -0.2) is 9.50 Å². The Bertz CT molecular complexity index is 551. The molecule has 6 heteroatoms. The van der Waals surface area contributed by atoms with Gasteiger partial charge < -0.3 is 5.32 Å². The molecule has 0 aromatic carbocycles. The van der Waals surface area contributed by atoms with Crippen LogP contribution in [-0.2, 0) is 12.8 Å². The third-order valence-corrected chi connectivity index (χ3v) is 3.76. The predicted octanol–water partition coefficient (Wildman–Crippen LogP) is 1.83. The lowest BCUT2D eigenvalue weighted by Gasteiger charge is -2.08. The Morgan fingerprint density at radius 3 is 3.06 bits per heavy atom. The van der Waals surface area contributed by atoms with Gasteiger partial charge in [0.05, 0.1) is 16.4 Å². The second kappa shape index (κ2) is 3.98. The fourth-order valence-electron chi connectivity index (χ4n) is 2.01. The van der Waals surface area contributed by atoms with Crippen molar-refractivity contribution in [2.75, 3.05) is 13.1 Å². The molecule has 1 aliphatic rings. The van der Waals surface area contributed by atoms with Crippen molar-refractivity contribution in [3.8, 4) is 0 Å². The molecule has 0 aliphatic carbocycles. The van der Waals surface area contributed by atoms with E-state index in [1.165, 1.54) is 0 Å². The van der Waals surface area contributed by atoms with Crippen molar-refractivity contribution in [1.82, 2.24) is 19.9 Å². The van der Waals surface area contributed by atoms with Gasteiger partial charge in [-0.05, 0) is 28.9 Å². The monoisotopic (exact) mass is 300 g/mol. The van der Waals surface area contributed by atoms with Crippen LogP contribution in [0, 0.1) is 0 Å². The standard InChI is InChI=1S/C10H10BrClN4/c11-7-5-14-16-9(12)6-1-3-13-4-2-8(6)15-10(7)16/h5,13H,1-4H2. The van der Waals surface area contributed by atoms with E-state index in [1.54, 1.807) is 10.7 Å². The normalized spacial score (nSPS) is 16.1. The lowest BCUT2D eigenvalue weighted by Crippen LogP contribution is -2.16. The summed E-state index contributed by atoms with van der Waals surface area (Å²) in [7, 11) is 0. The zero-order valence-corrected chi connectivity index (χ0v) is 10.8. The third-order valence-electron chi connectivity index (χ3n) is 2.82. The van der Waals surface area contributed by atoms with Crippen molar-refractivity contribution in [3.63, 3.8) is 0 Å². The fourth-order valence-corrected chi connectivity index (χ4v) is 2.68. The van der Waals surface area contributed by atoms with Gasteiger partial charge in [-0.15, -0.1) is 0 Å². The quantitative estimate of drug-likeness (QED) is 0.755. The van der Waals surface area contributed by atoms with Gasteiger partial charge in [-0.1, -0.05) is 11.6 Å². The topological polar surface area (TPSA) is 42.2 Å². The summed E-state index contributed by atoms with van der Waals surface area (Å²) in [6.07, 6.45) is 3.56. The van der Waals surface area contributed by atoms with Crippen molar-refractivity contribution in [3.05, 3.63) is 27.1 Å². The highest BCUT2D eigenvalue weighted by Crippen LogP contribution is 2.25. The Kier molecular flexibility index (Phi) is 2.61. The molecule has 3 heterocycles. The zero-order chi connectivity index (χ0) is 11.1. The van der Waals surface area contributed by atoms with Gasteiger partial charge >= 0.3 is 0 Å². The molecule has 2 aromatic heterocycles. The number of hydrogen-bond donors (Lipinski definition) is 1. The van der Waals surface area contributed by atoms with E-state index in [-0.39, 0.29) is 0 Å². The van der Waals surface area contributed by atoms with Gasteiger partial charge in [0.25, 0.3) is 0 Å². The van der Waals surface area contributed by atoms with E-state index in [2.05, 4.69) is 31.3 Å². The molecular weight excluding hydrogens is 291 g/mol. The molecule has 4 nitrogen and oxygen atoms in total. The van der Waals surface area contributed by atoms with Crippen LogP contribution in [0.3, 0.4) is 0 Å². The van der Waals surface area contributed by atoms with Crippen LogP contribution in [0.5, 0.6) is 0 Å². The molecular formula is C10H10BrClN4. The van der Waals surface area contributed by atoms with E-state index < -0.39 is 0 Å². The molecule has 0 radical (unpaired) electrons. The maximum absolute atomic E-state index is 6.36. The lowest BCUT2D eigenvalue weighted by atomic mass is 10.1. The summed E-state index contributed by atoms with van der Waals surface area (Å²) in [6, 6.07) is 0. The minimum atomic E-state index is 0.689. The van der Waals surface area contributed by atoms with Crippen LogP contribution in [-0.4, -0.2) is 27.7 Å². The van der Waals surface area contributed by atoms with Gasteiger partial charge in [-0.3, -0.25) is 0 Å². The molecule has 0 unspecified atom stereocenters. The van der Waals surface area contributed by atoms with Crippen molar-refractivity contribution >= 4 is 33.2 Å². The first-order chi connectivity index (χ1) is 7.77. The predicted molar refractivity (Wildman–Crippen MR) is 66.0 cm³/mol. The summed E-state index contributed by atoms with van der Waals surface area (Å²) < 4.78 is 2.57. The molecule has 1 aliphatic heterocycles. The van der Waals surface area contributed by atoms with Gasteiger partial charge in [0, 0.05) is 18.5 Å². The average Bonchev–Trinajstić information content (AvgIpc) is 2.52. The maximum atomic E-state index is 6.36. The van der Waals surface area contributed by atoms with E-state index in [0.717, 1.165) is 47.3 Å². The average molecular weight is 302 g/mol. The molecule has 0 bridgehead atoms. The highest BCUT2D eigenvalue weighted by Gasteiger charge is 2.17. The molecule has 0 saturated heterocycles. The van der Waals surface area contributed by atoms with Gasteiger partial charge in [-0.2, -0.15) is 5.10 Å². The van der Waals surface area contributed by atoms with Crippen LogP contribution in [0.2, 0.25) is 5.15 Å². The summed E-state index contributed by atoms with van der Waals surface area (Å²) in [6.45, 7) is 1.90. The second-order valence-electron chi connectivity index (χ2n) is 3.81. The smallest absolute Gasteiger partial charge is 0.171 e. The van der Waals surface area contributed by atoms with Crippen molar-refractivity contribution in [1.29, 1.82) is 0 Å². The van der Waals surface area contributed by atoms with Crippen LogP contribution >= 0.6 is 27.5 Å². The molecule has 0 fully saturated rings. The van der Waals surface area contributed by atoms with Crippen LogP contribution in [0.4, 0.5) is 0 Å². The highest BCUT2D eigenvalue weighted by atomic mass is 79.9. The summed E-state index contributed by atoms with van der Waals surface area (Å²) in [4.78, 5) is 4.63. The summed E-state index contributed by atoms with van der Waals surface area (Å²) in [5.41, 5.74) is 3.00. The molecule has 0 amide bonds. The summed E-state index contributed by atoms with van der Waals surface area (Å²) in [5.74, 6) is 0. The first kappa shape index (κ1) is 10.5. The van der Waals surface area contributed by atoms with Crippen molar-refractivity contribution in [2.45, 2.75) is 12.8 Å². The highest BCUT2D eigenvalue weighted by molar-refractivity contribution is 9.10. The van der Waals surface area contributed by atoms with Crippen LogP contribution in [0.15, 0.2) is 10.7 Å². The SMILES string of the molecule is Clc1c2c(nc3c(Br)cnn13)CCNCC2. The molecule has 0 spiro atoms. The minimum absolute atomic E-state index is 0.689. The van der Waals surface area contributed by atoms with Gasteiger partial charge in [0.15, 0.2) is 5.65 Å². The Balaban J connectivity index is 2.30. The van der Waals surface area contributed by atoms with E-state index in [0.29, 0.717) is 5.15 Å². The maximum Gasteiger partial charge on any atom is 0.171 e. The molecule has 0 atom stereocenters. The molecule has 16 heavy (non-hydrogen) atoms. The van der Waals surface area contributed by atoms with E-state index in [4.69, 9.17) is 11.6 Å². The number of nitrogens with one attached hydrogen (secondary N) is 1. The Labute approximate surface area is 106 Å². The number of nitrogens with zero attached hydrogens (tertiary/aromatic N) is 3. The summed E-state index contributed by atoms with van der Waals surface area (Å²) in [5, 5.41) is 8.24. The number of fused-ring (bicyclic) bond motifs is 2. The van der Waals surface area contributed by atoms with Crippen LogP contribution < -0.4 is 5.32 Å². The van der Waals surface area contributed by atoms with Crippen LogP contribution in [0.25, 0.3) is 5.65 Å². The molecule has 84 valence electrons. The third kappa shape index (κ3) is 1.54. The van der Waals surface area contributed by atoms with E-state index in [9.17, 15) is 0 Å². The second-order valence-corrected chi connectivity index (χ2v) is 5.02. The van der Waals surface area contributed by atoms with E-state index >= 15 is 0 Å². The Morgan fingerprint density at radius 2 is 2.19 bits per heavy atom. The van der Waals surface area contributed by atoms with Gasteiger partial charge in [0.2, 0.25) is 0 Å². The zero-order valence-electron chi connectivity index (χ0n) is 8.50. The van der Waals surface area contributed by atoms with Crippen molar-refractivity contribution in [2.24, 2.45) is 0 Å². The molecule has 3 rings (SSSR count). The first-order valence-electron chi connectivity index (χ1n) is 5.18. The largest absolute Gasteiger partial charge is 0.316 e. The van der Waals surface area contributed by atoms with Crippen molar-refractivity contribution < 1.29 is 0 Å². The van der Waals surface area contributed by atoms with Crippen LogP contribution in [0.1, 0.15) is 11.3 Å². The molecule has 2 aromatic rings. The molecule has 1 N–H and O–H groups in total. The Morgan fingerprint density at radius 1 is 1.38 bits per heavy atom. The number of hydrogen-bond acceptors (Lipinski definition) is 3. The Hall–Kier alpha value is -0.650. The first-order valence-corrected chi connectivity index (χ1v) is 6.35. The number of rotatable bonds is 0. The number of aromatic nitrogens is 3. The van der Waals surface area contributed by atoms with Gasteiger partial charge in [0.1, 0.15) is 5.15 Å². The number of halogens is 2. The summed E-state index contributed by atoms with van der Waals surface area (Å²) >= 11 is 9.79. The fraction of sp³-hybridized carbons (Fsp3) is 0.400. The molecule has 0 saturated carbocycles. The van der Waals surface area contributed by atoms with E-state index in [1.807, 2.05) is 0 Å².